The lowest BCUT2D eigenvalue weighted by Crippen LogP contribution is -2.20. The van der Waals surface area contributed by atoms with Crippen molar-refractivity contribution in [2.75, 3.05) is 7.05 Å². The number of amidine groups is 1. The summed E-state index contributed by atoms with van der Waals surface area (Å²) in [5.41, 5.74) is 2.32. The van der Waals surface area contributed by atoms with E-state index in [0.29, 0.717) is 12.3 Å². The standard InChI is InChI=1S/C10H16N2O/c1-6(2)7(3)8-5-9(13)12-10(8)11-4/h6H,5H2,1-4H3,(H,11,12,13)/b8-7+. The Bertz CT molecular complexity index is 287. The van der Waals surface area contributed by atoms with Crippen molar-refractivity contribution >= 4 is 11.7 Å². The summed E-state index contributed by atoms with van der Waals surface area (Å²) in [5.74, 6) is 1.27. The van der Waals surface area contributed by atoms with Gasteiger partial charge < -0.3 is 5.32 Å². The van der Waals surface area contributed by atoms with Gasteiger partial charge in [-0.15, -0.1) is 0 Å². The molecule has 0 aromatic rings. The molecule has 1 saturated heterocycles. The minimum Gasteiger partial charge on any atom is -0.310 e. The maximum absolute atomic E-state index is 11.1. The molecule has 0 unspecified atom stereocenters. The molecule has 13 heavy (non-hydrogen) atoms. The molecule has 1 aliphatic rings. The third-order valence-corrected chi connectivity index (χ3v) is 2.45. The van der Waals surface area contributed by atoms with Crippen molar-refractivity contribution in [3.05, 3.63) is 11.1 Å². The zero-order valence-corrected chi connectivity index (χ0v) is 8.64. The molecular weight excluding hydrogens is 164 g/mol. The predicted octanol–water partition coefficient (Wildman–Crippen LogP) is 1.51. The first kappa shape index (κ1) is 9.96. The van der Waals surface area contributed by atoms with Gasteiger partial charge in [-0.25, -0.2) is 0 Å². The highest BCUT2D eigenvalue weighted by Crippen LogP contribution is 2.21. The first-order valence-electron chi connectivity index (χ1n) is 4.53. The molecule has 1 N–H and O–H groups in total. The highest BCUT2D eigenvalue weighted by molar-refractivity contribution is 6.16. The summed E-state index contributed by atoms with van der Waals surface area (Å²) in [6, 6.07) is 0. The molecule has 1 fully saturated rings. The van der Waals surface area contributed by atoms with Crippen LogP contribution in [-0.2, 0) is 4.79 Å². The van der Waals surface area contributed by atoms with Crippen molar-refractivity contribution in [3.63, 3.8) is 0 Å². The molecule has 0 saturated carbocycles. The number of rotatable bonds is 1. The van der Waals surface area contributed by atoms with Crippen molar-refractivity contribution < 1.29 is 4.79 Å². The van der Waals surface area contributed by atoms with Crippen LogP contribution in [0.25, 0.3) is 0 Å². The average molecular weight is 180 g/mol. The van der Waals surface area contributed by atoms with E-state index in [1.54, 1.807) is 7.05 Å². The fraction of sp³-hybridized carbons (Fsp3) is 0.600. The fourth-order valence-corrected chi connectivity index (χ4v) is 1.36. The first-order chi connectivity index (χ1) is 6.06. The molecule has 1 heterocycles. The van der Waals surface area contributed by atoms with E-state index in [2.05, 4.69) is 31.1 Å². The summed E-state index contributed by atoms with van der Waals surface area (Å²) in [4.78, 5) is 15.2. The van der Waals surface area contributed by atoms with Gasteiger partial charge >= 0.3 is 0 Å². The second kappa shape index (κ2) is 3.73. The van der Waals surface area contributed by atoms with Gasteiger partial charge in [-0.1, -0.05) is 19.4 Å². The summed E-state index contributed by atoms with van der Waals surface area (Å²) in [6.45, 7) is 6.31. The lowest BCUT2D eigenvalue weighted by atomic mass is 9.98. The highest BCUT2D eigenvalue weighted by atomic mass is 16.1. The van der Waals surface area contributed by atoms with E-state index in [4.69, 9.17) is 0 Å². The van der Waals surface area contributed by atoms with E-state index in [1.165, 1.54) is 5.57 Å². The minimum absolute atomic E-state index is 0.0515. The van der Waals surface area contributed by atoms with Gasteiger partial charge in [0.2, 0.25) is 5.91 Å². The minimum atomic E-state index is 0.0515. The fourth-order valence-electron chi connectivity index (χ4n) is 1.36. The van der Waals surface area contributed by atoms with Gasteiger partial charge in [-0.2, -0.15) is 0 Å². The normalized spacial score (nSPS) is 24.1. The number of carbonyl (C=O) groups is 1. The number of aliphatic imine (C=N–C) groups is 1. The zero-order valence-electron chi connectivity index (χ0n) is 8.64. The topological polar surface area (TPSA) is 41.5 Å². The number of nitrogens with one attached hydrogen (secondary N) is 1. The number of hydrogen-bond acceptors (Lipinski definition) is 2. The lowest BCUT2D eigenvalue weighted by molar-refractivity contribution is -0.118. The van der Waals surface area contributed by atoms with E-state index in [1.807, 2.05) is 0 Å². The van der Waals surface area contributed by atoms with Crippen molar-refractivity contribution in [2.45, 2.75) is 27.2 Å². The van der Waals surface area contributed by atoms with Crippen LogP contribution in [0.2, 0.25) is 0 Å². The van der Waals surface area contributed by atoms with Gasteiger partial charge in [0.05, 0.1) is 6.42 Å². The predicted molar refractivity (Wildman–Crippen MR) is 53.7 cm³/mol. The number of carbonyl (C=O) groups excluding carboxylic acids is 1. The SMILES string of the molecule is CN=C1NC(=O)C/C1=C(/C)C(C)C. The molecule has 1 rings (SSSR count). The van der Waals surface area contributed by atoms with Gasteiger partial charge in [0.15, 0.2) is 0 Å². The van der Waals surface area contributed by atoms with Gasteiger partial charge in [-0.3, -0.25) is 9.79 Å². The summed E-state index contributed by atoms with van der Waals surface area (Å²) < 4.78 is 0. The Morgan fingerprint density at radius 2 is 2.15 bits per heavy atom. The molecule has 3 nitrogen and oxygen atoms in total. The Labute approximate surface area is 78.9 Å². The van der Waals surface area contributed by atoms with Crippen LogP contribution in [0.15, 0.2) is 16.1 Å². The van der Waals surface area contributed by atoms with E-state index >= 15 is 0 Å². The molecule has 0 spiro atoms. The van der Waals surface area contributed by atoms with Gasteiger partial charge in [0, 0.05) is 12.6 Å². The Balaban J connectivity index is 3.04. The van der Waals surface area contributed by atoms with Crippen molar-refractivity contribution in [1.82, 2.24) is 5.32 Å². The van der Waals surface area contributed by atoms with Crippen molar-refractivity contribution in [1.29, 1.82) is 0 Å². The maximum Gasteiger partial charge on any atom is 0.230 e. The van der Waals surface area contributed by atoms with Crippen LogP contribution in [0, 0.1) is 5.92 Å². The summed E-state index contributed by atoms with van der Waals surface area (Å²) in [5, 5.41) is 2.74. The summed E-state index contributed by atoms with van der Waals surface area (Å²) >= 11 is 0. The highest BCUT2D eigenvalue weighted by Gasteiger charge is 2.23. The molecule has 0 aliphatic carbocycles. The van der Waals surface area contributed by atoms with E-state index in [9.17, 15) is 4.79 Å². The molecule has 0 radical (unpaired) electrons. The maximum atomic E-state index is 11.1. The van der Waals surface area contributed by atoms with Gasteiger partial charge in [0.1, 0.15) is 5.84 Å². The van der Waals surface area contributed by atoms with Gasteiger partial charge in [0.25, 0.3) is 0 Å². The number of hydrogen-bond donors (Lipinski definition) is 1. The smallest absolute Gasteiger partial charge is 0.230 e. The van der Waals surface area contributed by atoms with E-state index in [-0.39, 0.29) is 5.91 Å². The van der Waals surface area contributed by atoms with Crippen LogP contribution < -0.4 is 5.32 Å². The third-order valence-electron chi connectivity index (χ3n) is 2.45. The van der Waals surface area contributed by atoms with Gasteiger partial charge in [-0.05, 0) is 12.8 Å². The largest absolute Gasteiger partial charge is 0.310 e. The number of allylic oxidation sites excluding steroid dienone is 1. The van der Waals surface area contributed by atoms with E-state index < -0.39 is 0 Å². The van der Waals surface area contributed by atoms with Crippen molar-refractivity contribution in [2.24, 2.45) is 10.9 Å². The zero-order chi connectivity index (χ0) is 10.0. The van der Waals surface area contributed by atoms with Crippen molar-refractivity contribution in [3.8, 4) is 0 Å². The summed E-state index contributed by atoms with van der Waals surface area (Å²) in [7, 11) is 1.70. The van der Waals surface area contributed by atoms with Crippen LogP contribution >= 0.6 is 0 Å². The molecule has 1 amide bonds. The number of nitrogens with zero attached hydrogens (tertiary/aromatic N) is 1. The molecule has 0 atom stereocenters. The second-order valence-corrected chi connectivity index (χ2v) is 3.61. The third kappa shape index (κ3) is 1.97. The molecule has 3 heteroatoms. The van der Waals surface area contributed by atoms with Crippen LogP contribution in [-0.4, -0.2) is 18.8 Å². The number of amides is 1. The molecule has 0 aromatic carbocycles. The second-order valence-electron chi connectivity index (χ2n) is 3.61. The molecule has 0 bridgehead atoms. The van der Waals surface area contributed by atoms with Crippen LogP contribution in [0.1, 0.15) is 27.2 Å². The quantitative estimate of drug-likeness (QED) is 0.653. The summed E-state index contributed by atoms with van der Waals surface area (Å²) in [6.07, 6.45) is 0.483. The Morgan fingerprint density at radius 1 is 1.54 bits per heavy atom. The molecule has 0 aromatic heterocycles. The molecule has 72 valence electrons. The first-order valence-corrected chi connectivity index (χ1v) is 4.53. The average Bonchev–Trinajstić information content (AvgIpc) is 2.45. The Morgan fingerprint density at radius 3 is 2.62 bits per heavy atom. The Hall–Kier alpha value is -1.12. The van der Waals surface area contributed by atoms with Crippen LogP contribution in [0.4, 0.5) is 0 Å². The van der Waals surface area contributed by atoms with Crippen LogP contribution in [0.3, 0.4) is 0 Å². The Kier molecular flexibility index (Phi) is 2.86. The monoisotopic (exact) mass is 180 g/mol. The molecule has 1 aliphatic heterocycles. The lowest BCUT2D eigenvalue weighted by Gasteiger charge is -2.08. The van der Waals surface area contributed by atoms with Crippen LogP contribution in [0.5, 0.6) is 0 Å². The molecular formula is C10H16N2O. The van der Waals surface area contributed by atoms with E-state index in [0.717, 1.165) is 11.4 Å².